The van der Waals surface area contributed by atoms with Crippen LogP contribution in [0.25, 0.3) is 0 Å². The third-order valence-electron chi connectivity index (χ3n) is 2.73. The van der Waals surface area contributed by atoms with Crippen molar-refractivity contribution >= 4 is 55.8 Å². The molecule has 0 radical (unpaired) electrons. The van der Waals surface area contributed by atoms with E-state index in [1.54, 1.807) is 0 Å². The molecule has 0 aliphatic heterocycles. The summed E-state index contributed by atoms with van der Waals surface area (Å²) in [7, 11) is 0. The lowest BCUT2D eigenvalue weighted by Gasteiger charge is -2.24. The van der Waals surface area contributed by atoms with E-state index in [9.17, 15) is 14.4 Å². The van der Waals surface area contributed by atoms with E-state index in [2.05, 4.69) is 37.9 Å². The normalized spacial score (nSPS) is 9.44. The smallest absolute Gasteiger partial charge is 0.304 e. The van der Waals surface area contributed by atoms with Gasteiger partial charge in [-0.3, -0.25) is 14.4 Å². The Labute approximate surface area is 176 Å². The van der Waals surface area contributed by atoms with Crippen LogP contribution in [-0.2, 0) is 14.4 Å². The molecule has 0 unspecified atom stereocenters. The molecule has 0 atom stereocenters. The van der Waals surface area contributed by atoms with Gasteiger partial charge in [-0.2, -0.15) is 37.9 Å². The van der Waals surface area contributed by atoms with Gasteiger partial charge in [-0.1, -0.05) is 6.92 Å². The molecule has 9 nitrogen and oxygen atoms in total. The number of thiol groups is 3. The first-order valence-electron chi connectivity index (χ1n) is 7.86. The van der Waals surface area contributed by atoms with Crippen LogP contribution in [0.5, 0.6) is 0 Å². The Kier molecular flexibility index (Phi) is 31.8. The van der Waals surface area contributed by atoms with E-state index in [-0.39, 0.29) is 39.1 Å². The zero-order valence-corrected chi connectivity index (χ0v) is 18.0. The number of carboxylic acids is 3. The van der Waals surface area contributed by atoms with E-state index in [0.717, 1.165) is 0 Å². The molecule has 0 saturated heterocycles. The molecule has 0 rings (SSSR count). The molecule has 0 bridgehead atoms. The Morgan fingerprint density at radius 1 is 0.667 bits per heavy atom. The van der Waals surface area contributed by atoms with Crippen LogP contribution in [0.15, 0.2) is 0 Å². The van der Waals surface area contributed by atoms with Crippen molar-refractivity contribution in [2.45, 2.75) is 32.6 Å². The summed E-state index contributed by atoms with van der Waals surface area (Å²) in [4.78, 5) is 28.7. The predicted molar refractivity (Wildman–Crippen MR) is 112 cm³/mol. The Morgan fingerprint density at radius 2 is 0.889 bits per heavy atom. The summed E-state index contributed by atoms with van der Waals surface area (Å²) >= 11 is 11.0. The van der Waals surface area contributed by atoms with Gasteiger partial charge < -0.3 is 30.6 Å². The van der Waals surface area contributed by atoms with E-state index in [1.165, 1.54) is 0 Å². The Morgan fingerprint density at radius 3 is 0.889 bits per heavy atom. The highest BCUT2D eigenvalue weighted by molar-refractivity contribution is 7.80. The van der Waals surface area contributed by atoms with E-state index in [4.69, 9.17) is 30.6 Å². The maximum atomic E-state index is 9.55. The number of carbonyl (C=O) groups is 3. The lowest BCUT2D eigenvalue weighted by molar-refractivity contribution is -0.137. The van der Waals surface area contributed by atoms with Gasteiger partial charge in [0.05, 0.1) is 39.1 Å². The number of carboxylic acid groups (broad SMARTS) is 3. The maximum Gasteiger partial charge on any atom is 0.304 e. The molecule has 0 saturated carbocycles. The number of hydrogen-bond acceptors (Lipinski definition) is 9. The van der Waals surface area contributed by atoms with Gasteiger partial charge in [-0.25, -0.2) is 0 Å². The number of hydrogen-bond donors (Lipinski definition) is 9. The van der Waals surface area contributed by atoms with Crippen LogP contribution in [0.2, 0.25) is 0 Å². The molecule has 12 heteroatoms. The molecular formula is C15H32O9S3. The van der Waals surface area contributed by atoms with E-state index < -0.39 is 23.3 Å². The molecule has 0 aliphatic rings. The van der Waals surface area contributed by atoms with Crippen molar-refractivity contribution in [3.05, 3.63) is 0 Å². The molecule has 27 heavy (non-hydrogen) atoms. The molecule has 0 aromatic carbocycles. The number of aliphatic carboxylic acids is 3. The van der Waals surface area contributed by atoms with Gasteiger partial charge in [-0.15, -0.1) is 0 Å². The Bertz CT molecular complexity index is 309. The van der Waals surface area contributed by atoms with Gasteiger partial charge in [0.25, 0.3) is 0 Å². The summed E-state index contributed by atoms with van der Waals surface area (Å²) in [6.45, 7) is 1.35. The van der Waals surface area contributed by atoms with Crippen LogP contribution in [0.1, 0.15) is 32.6 Å². The highest BCUT2D eigenvalue weighted by atomic mass is 32.1. The first kappa shape index (κ1) is 33.9. The maximum absolute atomic E-state index is 9.55. The summed E-state index contributed by atoms with van der Waals surface area (Å²) < 4.78 is 0. The second kappa shape index (κ2) is 25.3. The fourth-order valence-corrected chi connectivity index (χ4v) is 1.35. The minimum Gasteiger partial charge on any atom is -0.481 e. The summed E-state index contributed by atoms with van der Waals surface area (Å²) in [6.07, 6.45) is 1.06. The fraction of sp³-hybridized carbons (Fsp3) is 0.800. The topological polar surface area (TPSA) is 173 Å². The van der Waals surface area contributed by atoms with Crippen LogP contribution in [0, 0.1) is 5.41 Å². The number of aliphatic hydroxyl groups excluding tert-OH is 3. The van der Waals surface area contributed by atoms with E-state index in [1.807, 2.05) is 6.92 Å². The van der Waals surface area contributed by atoms with Crippen molar-refractivity contribution in [3.63, 3.8) is 0 Å². The van der Waals surface area contributed by atoms with E-state index >= 15 is 0 Å². The fourth-order valence-electron chi connectivity index (χ4n) is 0.772. The minimum absolute atomic E-state index is 0.156. The second-order valence-corrected chi connectivity index (χ2v) is 6.27. The molecule has 0 heterocycles. The zero-order valence-electron chi connectivity index (χ0n) is 15.3. The predicted octanol–water partition coefficient (Wildman–Crippen LogP) is 0.532. The van der Waals surface area contributed by atoms with Crippen molar-refractivity contribution in [2.24, 2.45) is 5.41 Å². The average molecular weight is 453 g/mol. The lowest BCUT2D eigenvalue weighted by Crippen LogP contribution is -2.32. The summed E-state index contributed by atoms with van der Waals surface area (Å²) in [5.41, 5.74) is -0.667. The Hall–Kier alpha value is -0.660. The molecular weight excluding hydrogens is 420 g/mol. The summed E-state index contributed by atoms with van der Waals surface area (Å²) in [5.74, 6) is -1.08. The van der Waals surface area contributed by atoms with Gasteiger partial charge in [0.1, 0.15) is 0 Å². The molecule has 0 aromatic rings. The first-order valence-corrected chi connectivity index (χ1v) is 9.76. The van der Waals surface area contributed by atoms with Gasteiger partial charge in [-0.05, 0) is 6.42 Å². The first-order chi connectivity index (χ1) is 12.6. The second-order valence-electron chi connectivity index (χ2n) is 4.93. The zero-order chi connectivity index (χ0) is 22.3. The molecule has 0 fully saturated rings. The van der Waals surface area contributed by atoms with Gasteiger partial charge in [0.2, 0.25) is 0 Å². The minimum atomic E-state index is -0.787. The highest BCUT2D eigenvalue weighted by Gasteiger charge is 2.24. The lowest BCUT2D eigenvalue weighted by atomic mass is 9.88. The summed E-state index contributed by atoms with van der Waals surface area (Å²) in [5, 5.41) is 49.6. The third kappa shape index (κ3) is 33.4. The monoisotopic (exact) mass is 452 g/mol. The molecule has 0 aliphatic carbocycles. The van der Waals surface area contributed by atoms with Gasteiger partial charge in [0, 0.05) is 22.7 Å². The van der Waals surface area contributed by atoms with Crippen molar-refractivity contribution < 1.29 is 45.0 Å². The highest BCUT2D eigenvalue weighted by Crippen LogP contribution is 2.18. The van der Waals surface area contributed by atoms with Crippen LogP contribution >= 0.6 is 37.9 Å². The van der Waals surface area contributed by atoms with Crippen LogP contribution < -0.4 is 0 Å². The SMILES string of the molecule is CCC(CO)(CO)CO.O=C(O)CCS.O=C(O)CCS.O=C(O)CCS. The van der Waals surface area contributed by atoms with E-state index in [0.29, 0.717) is 23.7 Å². The van der Waals surface area contributed by atoms with Crippen molar-refractivity contribution in [1.82, 2.24) is 0 Å². The molecule has 0 aromatic heterocycles. The van der Waals surface area contributed by atoms with Gasteiger partial charge >= 0.3 is 17.9 Å². The quantitative estimate of drug-likeness (QED) is 0.214. The summed E-state index contributed by atoms with van der Waals surface area (Å²) in [6, 6.07) is 0. The van der Waals surface area contributed by atoms with Crippen LogP contribution in [0.4, 0.5) is 0 Å². The molecule has 0 spiro atoms. The van der Waals surface area contributed by atoms with Crippen molar-refractivity contribution in [3.8, 4) is 0 Å². The standard InChI is InChI=1S/C6H14O3.3C3H6O2S/c1-2-6(3-7,4-8)5-9;3*4-3(5)1-2-6/h7-9H,2-5H2,1H3;3*6H,1-2H2,(H,4,5). The van der Waals surface area contributed by atoms with Crippen molar-refractivity contribution in [1.29, 1.82) is 0 Å². The number of rotatable bonds is 10. The molecule has 164 valence electrons. The molecule has 6 N–H and O–H groups in total. The van der Waals surface area contributed by atoms with Crippen LogP contribution in [-0.4, -0.2) is 85.6 Å². The average Bonchev–Trinajstić information content (AvgIpc) is 2.59. The largest absolute Gasteiger partial charge is 0.481 e. The molecule has 0 amide bonds. The van der Waals surface area contributed by atoms with Crippen molar-refractivity contribution in [2.75, 3.05) is 37.1 Å². The van der Waals surface area contributed by atoms with Gasteiger partial charge in [0.15, 0.2) is 0 Å². The van der Waals surface area contributed by atoms with Crippen LogP contribution in [0.3, 0.4) is 0 Å². The third-order valence-corrected chi connectivity index (χ3v) is 3.40. The Balaban J connectivity index is -0.000000133. The number of aliphatic hydroxyl groups is 3.